The quantitative estimate of drug-likeness (QED) is 0.141. The Hall–Kier alpha value is -13.2. The van der Waals surface area contributed by atoms with Crippen LogP contribution in [0.1, 0.15) is 0 Å². The Morgan fingerprint density at radius 1 is 0.200 bits per heavy atom. The van der Waals surface area contributed by atoms with Crippen molar-refractivity contribution in [3.8, 4) is 0 Å². The van der Waals surface area contributed by atoms with Crippen molar-refractivity contribution in [3.05, 3.63) is 291 Å². The van der Waals surface area contributed by atoms with Crippen LogP contribution in [0, 0.1) is 0 Å². The van der Waals surface area contributed by atoms with Gasteiger partial charge in [-0.05, 0) is 150 Å². The third-order valence-corrected chi connectivity index (χ3v) is 25.5. The molecule has 15 aromatic carbocycles. The Balaban J connectivity index is 0.0000000914. The van der Waals surface area contributed by atoms with Crippen LogP contribution < -0.4 is 0 Å². The number of para-hydroxylation sites is 9. The average Bonchev–Trinajstić information content (AvgIpc) is 1.59. The van der Waals surface area contributed by atoms with E-state index in [9.17, 15) is 0 Å². The Morgan fingerprint density at radius 2 is 0.600 bits per heavy atom. The molecule has 12 heterocycles. The summed E-state index contributed by atoms with van der Waals surface area (Å²) in [6, 6.07) is 103. The molecule has 0 N–H and O–H groups in total. The highest BCUT2D eigenvalue weighted by atomic mass is 32.1. The lowest BCUT2D eigenvalue weighted by molar-refractivity contribution is 0.669. The molecular formula is C93H48N6O3S3. The highest BCUT2D eigenvalue weighted by molar-refractivity contribution is 7.26. The minimum absolute atomic E-state index is 0.916. The van der Waals surface area contributed by atoms with Crippen LogP contribution in [0.25, 0.3) is 241 Å². The summed E-state index contributed by atoms with van der Waals surface area (Å²) in [6.45, 7) is 0. The molecule has 0 radical (unpaired) electrons. The van der Waals surface area contributed by atoms with Crippen LogP contribution in [0.2, 0.25) is 0 Å². The van der Waals surface area contributed by atoms with Crippen molar-refractivity contribution in [1.82, 2.24) is 28.2 Å². The first kappa shape index (κ1) is 56.4. The van der Waals surface area contributed by atoms with E-state index in [1.807, 2.05) is 52.2 Å². The predicted octanol–water partition coefficient (Wildman–Crippen LogP) is 27.2. The van der Waals surface area contributed by atoms with E-state index in [0.717, 1.165) is 127 Å². The summed E-state index contributed by atoms with van der Waals surface area (Å²) in [4.78, 5) is 15.5. The molecule has 27 aromatic rings. The Labute approximate surface area is 603 Å². The van der Waals surface area contributed by atoms with Crippen molar-refractivity contribution in [2.75, 3.05) is 0 Å². The zero-order valence-corrected chi connectivity index (χ0v) is 57.8. The number of imidazole rings is 3. The summed E-state index contributed by atoms with van der Waals surface area (Å²) in [5.41, 5.74) is 18.3. The summed E-state index contributed by atoms with van der Waals surface area (Å²) in [5.74, 6) is 0. The normalized spacial score (nSPS) is 12.6. The highest BCUT2D eigenvalue weighted by Crippen LogP contribution is 2.50. The van der Waals surface area contributed by atoms with Crippen LogP contribution in [-0.4, -0.2) is 28.2 Å². The maximum Gasteiger partial charge on any atom is 0.147 e. The van der Waals surface area contributed by atoms with Crippen molar-refractivity contribution < 1.29 is 13.3 Å². The number of furan rings is 3. The number of benzene rings is 15. The first-order valence-corrected chi connectivity index (χ1v) is 37.7. The lowest BCUT2D eigenvalue weighted by atomic mass is 9.98. The van der Waals surface area contributed by atoms with Crippen molar-refractivity contribution in [2.24, 2.45) is 0 Å². The maximum absolute atomic E-state index is 6.56. The number of pyridine rings is 3. The number of rotatable bonds is 0. The smallest absolute Gasteiger partial charge is 0.147 e. The number of hydrogen-bond acceptors (Lipinski definition) is 9. The SMILES string of the molecule is c1ccc2c(c1)nc1c3c(ccc4sc5ccccc5c43)c3c4c(ccc3n21)oc1ccccc14.c1ccc2c(c1)nc1c3c(ccc4sc5ccccc5c43)c3c4oc5ccccc5c4ccc3n21.c1ccc2c(c1)nc1c3cc4c(cc3c3c5c(ccc3n21)oc1ccccc15)sc1ccccc14. The van der Waals surface area contributed by atoms with E-state index in [1.54, 1.807) is 0 Å². The van der Waals surface area contributed by atoms with Gasteiger partial charge in [0.25, 0.3) is 0 Å². The third-order valence-electron chi connectivity index (χ3n) is 22.1. The van der Waals surface area contributed by atoms with Crippen LogP contribution in [0.4, 0.5) is 0 Å². The minimum Gasteiger partial charge on any atom is -0.456 e. The van der Waals surface area contributed by atoms with Gasteiger partial charge >= 0.3 is 0 Å². The van der Waals surface area contributed by atoms with Crippen molar-refractivity contribution in [2.45, 2.75) is 0 Å². The summed E-state index contributed by atoms with van der Waals surface area (Å²) in [6.07, 6.45) is 0. The van der Waals surface area contributed by atoms with Gasteiger partial charge < -0.3 is 13.3 Å². The van der Waals surface area contributed by atoms with Crippen LogP contribution in [0.5, 0.6) is 0 Å². The van der Waals surface area contributed by atoms with Gasteiger partial charge in [-0.3, -0.25) is 13.2 Å². The molecule has 0 amide bonds. The number of nitrogens with zero attached hydrogens (tertiary/aromatic N) is 6. The molecule has 0 unspecified atom stereocenters. The maximum atomic E-state index is 6.56. The molecule has 0 saturated heterocycles. The second kappa shape index (κ2) is 20.7. The first-order valence-electron chi connectivity index (χ1n) is 35.2. The number of fused-ring (bicyclic) bond motifs is 47. The number of thiophene rings is 3. The third kappa shape index (κ3) is 7.60. The summed E-state index contributed by atoms with van der Waals surface area (Å²) in [5, 5.41) is 25.4. The van der Waals surface area contributed by atoms with Crippen LogP contribution >= 0.6 is 34.0 Å². The average molecular weight is 1390 g/mol. The molecule has 0 atom stereocenters. The molecule has 105 heavy (non-hydrogen) atoms. The molecule has 9 nitrogen and oxygen atoms in total. The van der Waals surface area contributed by atoms with E-state index in [-0.39, 0.29) is 0 Å². The molecule has 0 bridgehead atoms. The molecular weight excluding hydrogens is 1350 g/mol. The zero-order chi connectivity index (χ0) is 68.0. The van der Waals surface area contributed by atoms with Gasteiger partial charge in [-0.15, -0.1) is 34.0 Å². The van der Waals surface area contributed by atoms with Gasteiger partial charge in [-0.2, -0.15) is 0 Å². The molecule has 0 saturated carbocycles. The lowest BCUT2D eigenvalue weighted by Gasteiger charge is -2.11. The van der Waals surface area contributed by atoms with Gasteiger partial charge in [-0.25, -0.2) is 15.0 Å². The van der Waals surface area contributed by atoms with E-state index in [2.05, 4.69) is 286 Å². The first-order chi connectivity index (χ1) is 52.1. The van der Waals surface area contributed by atoms with Crippen LogP contribution in [0.15, 0.2) is 304 Å². The minimum atomic E-state index is 0.916. The standard InChI is InChI=1S/3C31H16N2OS/c1-5-11-25-18(8-1)30-26(34-25)14-13-24-29(30)20-16-28-19(17-7-2-6-12-27(17)35-28)15-21(20)31-32-22-9-3-4-10-23(22)33(24)31;1-5-11-23-17(7-1)28-24(34-23)15-14-22-27(28)19-13-16-26-29(18-8-2-6-12-25(18)35-26)30(19)31-32-20-9-3-4-10-21(20)33(22)31;1-5-11-24-17(7-1)18-13-15-23-27(30(18)34-24)20-14-16-26-28(19-8-2-6-12-25(19)35-26)29(20)31-32-21-9-3-4-10-22(21)33(23)31/h3*1-16H. The topological polar surface area (TPSA) is 91.3 Å². The fourth-order valence-corrected chi connectivity index (χ4v) is 21.1. The Morgan fingerprint density at radius 3 is 1.16 bits per heavy atom. The summed E-state index contributed by atoms with van der Waals surface area (Å²) in [7, 11) is 0. The van der Waals surface area contributed by atoms with Crippen LogP contribution in [0.3, 0.4) is 0 Å². The summed E-state index contributed by atoms with van der Waals surface area (Å²) < 4.78 is 34.0. The monoisotopic (exact) mass is 1390 g/mol. The lowest BCUT2D eigenvalue weighted by Crippen LogP contribution is -1.92. The van der Waals surface area contributed by atoms with Gasteiger partial charge in [0.15, 0.2) is 0 Å². The zero-order valence-electron chi connectivity index (χ0n) is 55.3. The Bertz CT molecular complexity index is 8570. The molecule has 0 aliphatic rings. The van der Waals surface area contributed by atoms with Crippen LogP contribution in [-0.2, 0) is 0 Å². The number of hydrogen-bond donors (Lipinski definition) is 0. The molecule has 0 spiro atoms. The van der Waals surface area contributed by atoms with Gasteiger partial charge in [0.05, 0.1) is 49.7 Å². The van der Waals surface area contributed by atoms with Crippen molar-refractivity contribution in [1.29, 1.82) is 0 Å². The molecule has 486 valence electrons. The van der Waals surface area contributed by atoms with E-state index in [1.165, 1.54) is 114 Å². The van der Waals surface area contributed by atoms with E-state index in [4.69, 9.17) is 28.2 Å². The fourth-order valence-electron chi connectivity index (χ4n) is 17.8. The summed E-state index contributed by atoms with van der Waals surface area (Å²) >= 11 is 5.55. The van der Waals surface area contributed by atoms with Crippen molar-refractivity contribution >= 4 is 275 Å². The van der Waals surface area contributed by atoms with Gasteiger partial charge in [0.2, 0.25) is 0 Å². The van der Waals surface area contributed by atoms with Gasteiger partial charge in [0, 0.05) is 125 Å². The second-order valence-electron chi connectivity index (χ2n) is 27.5. The molecule has 0 fully saturated rings. The largest absolute Gasteiger partial charge is 0.456 e. The van der Waals surface area contributed by atoms with E-state index < -0.39 is 0 Å². The molecule has 12 heteroatoms. The molecule has 27 rings (SSSR count). The fraction of sp³-hybridized carbons (Fsp3) is 0. The van der Waals surface area contributed by atoms with E-state index in [0.29, 0.717) is 0 Å². The molecule has 0 aliphatic heterocycles. The van der Waals surface area contributed by atoms with Gasteiger partial charge in [-0.1, -0.05) is 158 Å². The van der Waals surface area contributed by atoms with E-state index >= 15 is 0 Å². The van der Waals surface area contributed by atoms with Crippen molar-refractivity contribution in [3.63, 3.8) is 0 Å². The highest BCUT2D eigenvalue weighted by Gasteiger charge is 2.26. The molecule has 0 aliphatic carbocycles. The van der Waals surface area contributed by atoms with Gasteiger partial charge in [0.1, 0.15) is 50.4 Å². The second-order valence-corrected chi connectivity index (χ2v) is 30.7. The predicted molar refractivity (Wildman–Crippen MR) is 444 cm³/mol. The Kier molecular flexibility index (Phi) is 11.1. The number of aromatic nitrogens is 6. The molecule has 12 aromatic heterocycles.